The van der Waals surface area contributed by atoms with Crippen molar-refractivity contribution < 1.29 is 9.18 Å². The van der Waals surface area contributed by atoms with Crippen LogP contribution >= 0.6 is 0 Å². The van der Waals surface area contributed by atoms with Crippen molar-refractivity contribution in [2.45, 2.75) is 13.5 Å². The van der Waals surface area contributed by atoms with E-state index in [1.165, 1.54) is 36.2 Å². The predicted octanol–water partition coefficient (Wildman–Crippen LogP) is 3.79. The van der Waals surface area contributed by atoms with Gasteiger partial charge in [0, 0.05) is 18.3 Å². The third kappa shape index (κ3) is 4.38. The Hall–Kier alpha value is -3.28. The number of aromatic nitrogens is 2. The van der Waals surface area contributed by atoms with Crippen molar-refractivity contribution in [3.63, 3.8) is 0 Å². The van der Waals surface area contributed by atoms with Gasteiger partial charge in [-0.15, -0.1) is 0 Å². The number of halogens is 1. The molecule has 0 spiro atoms. The minimum Gasteiger partial charge on any atom is -0.366 e. The number of carbonyl (C=O) groups is 1. The average Bonchev–Trinajstić information content (AvgIpc) is 2.63. The van der Waals surface area contributed by atoms with Gasteiger partial charge in [-0.1, -0.05) is 24.3 Å². The molecule has 1 aromatic heterocycles. The van der Waals surface area contributed by atoms with Crippen LogP contribution in [0.2, 0.25) is 0 Å². The second-order valence-corrected chi connectivity index (χ2v) is 5.53. The summed E-state index contributed by atoms with van der Waals surface area (Å²) in [6, 6.07) is 15.2. The summed E-state index contributed by atoms with van der Waals surface area (Å²) in [4.78, 5) is 20.4. The molecule has 3 aromatic rings. The van der Waals surface area contributed by atoms with Crippen molar-refractivity contribution in [1.29, 1.82) is 0 Å². The Morgan fingerprint density at radius 3 is 2.60 bits per heavy atom. The van der Waals surface area contributed by atoms with E-state index in [4.69, 9.17) is 0 Å². The van der Waals surface area contributed by atoms with E-state index in [0.29, 0.717) is 18.1 Å². The molecule has 0 unspecified atom stereocenters. The van der Waals surface area contributed by atoms with Crippen LogP contribution in [0.5, 0.6) is 0 Å². The summed E-state index contributed by atoms with van der Waals surface area (Å²) in [6.07, 6.45) is 1.33. The highest BCUT2D eigenvalue weighted by Crippen LogP contribution is 2.13. The van der Waals surface area contributed by atoms with Crippen LogP contribution in [0.25, 0.3) is 0 Å². The van der Waals surface area contributed by atoms with Crippen LogP contribution in [0.15, 0.2) is 60.9 Å². The summed E-state index contributed by atoms with van der Waals surface area (Å²) in [5.41, 5.74) is 3.06. The Morgan fingerprint density at radius 1 is 1.08 bits per heavy atom. The summed E-state index contributed by atoms with van der Waals surface area (Å²) in [7, 11) is 0. The zero-order valence-electron chi connectivity index (χ0n) is 13.7. The first-order chi connectivity index (χ1) is 12.1. The van der Waals surface area contributed by atoms with E-state index in [9.17, 15) is 9.18 Å². The first-order valence-corrected chi connectivity index (χ1v) is 7.79. The molecule has 6 heteroatoms. The van der Waals surface area contributed by atoms with Gasteiger partial charge < -0.3 is 10.6 Å². The maximum absolute atomic E-state index is 12.9. The van der Waals surface area contributed by atoms with Crippen LogP contribution in [-0.2, 0) is 6.54 Å². The highest BCUT2D eigenvalue weighted by Gasteiger charge is 2.09. The zero-order chi connectivity index (χ0) is 17.6. The van der Waals surface area contributed by atoms with Crippen molar-refractivity contribution >= 4 is 17.4 Å². The Bertz CT molecular complexity index is 881. The molecule has 0 bridgehead atoms. The maximum atomic E-state index is 12.9. The van der Waals surface area contributed by atoms with Crippen molar-refractivity contribution in [1.82, 2.24) is 9.97 Å². The van der Waals surface area contributed by atoms with Gasteiger partial charge in [0.2, 0.25) is 0 Å². The molecule has 0 atom stereocenters. The lowest BCUT2D eigenvalue weighted by molar-refractivity contribution is 0.102. The molecule has 3 rings (SSSR count). The van der Waals surface area contributed by atoms with Crippen LogP contribution in [0.3, 0.4) is 0 Å². The summed E-state index contributed by atoms with van der Waals surface area (Å²) in [5.74, 6) is -0.182. The molecular formula is C19H17FN4O. The highest BCUT2D eigenvalue weighted by atomic mass is 19.1. The Morgan fingerprint density at radius 2 is 1.84 bits per heavy atom. The largest absolute Gasteiger partial charge is 0.366 e. The lowest BCUT2D eigenvalue weighted by atomic mass is 10.1. The first kappa shape index (κ1) is 16.6. The number of rotatable bonds is 5. The smallest absolute Gasteiger partial charge is 0.274 e. The third-order valence-electron chi connectivity index (χ3n) is 3.72. The fraction of sp³-hybridized carbons (Fsp3) is 0.105. The molecule has 0 fully saturated rings. The average molecular weight is 336 g/mol. The van der Waals surface area contributed by atoms with Crippen LogP contribution in [0, 0.1) is 12.7 Å². The van der Waals surface area contributed by atoms with Crippen molar-refractivity contribution in [3.8, 4) is 0 Å². The normalized spacial score (nSPS) is 10.3. The number of hydrogen-bond donors (Lipinski definition) is 2. The standard InChI is InChI=1S/C19H17FN4O/c1-13-4-2-3-5-14(13)11-21-18-10-17(22-12-23-18)19(25)24-16-8-6-15(20)7-9-16/h2-10,12H,11H2,1H3,(H,24,25)(H,21,22,23). The van der Waals surface area contributed by atoms with Gasteiger partial charge >= 0.3 is 0 Å². The maximum Gasteiger partial charge on any atom is 0.274 e. The van der Waals surface area contributed by atoms with E-state index in [1.807, 2.05) is 31.2 Å². The Labute approximate surface area is 145 Å². The Balaban J connectivity index is 1.67. The molecule has 0 aliphatic carbocycles. The molecule has 0 saturated carbocycles. The Kier molecular flexibility index (Phi) is 4.99. The van der Waals surface area contributed by atoms with Gasteiger partial charge in [0.15, 0.2) is 0 Å². The topological polar surface area (TPSA) is 66.9 Å². The van der Waals surface area contributed by atoms with E-state index in [2.05, 4.69) is 20.6 Å². The first-order valence-electron chi connectivity index (χ1n) is 7.79. The van der Waals surface area contributed by atoms with E-state index in [-0.39, 0.29) is 17.4 Å². The number of benzene rings is 2. The zero-order valence-corrected chi connectivity index (χ0v) is 13.7. The minimum atomic E-state index is -0.382. The quantitative estimate of drug-likeness (QED) is 0.744. The lowest BCUT2D eigenvalue weighted by Gasteiger charge is -2.09. The molecule has 0 radical (unpaired) electrons. The van der Waals surface area contributed by atoms with Gasteiger partial charge in [-0.05, 0) is 42.3 Å². The highest BCUT2D eigenvalue weighted by molar-refractivity contribution is 6.03. The fourth-order valence-corrected chi connectivity index (χ4v) is 2.30. The van der Waals surface area contributed by atoms with Crippen molar-refractivity contribution in [2.75, 3.05) is 10.6 Å². The van der Waals surface area contributed by atoms with Gasteiger partial charge in [-0.3, -0.25) is 4.79 Å². The van der Waals surface area contributed by atoms with Gasteiger partial charge in [-0.2, -0.15) is 0 Å². The molecule has 5 nitrogen and oxygen atoms in total. The molecule has 126 valence electrons. The molecule has 1 amide bonds. The van der Waals surface area contributed by atoms with Gasteiger partial charge in [0.25, 0.3) is 5.91 Å². The molecule has 25 heavy (non-hydrogen) atoms. The summed E-state index contributed by atoms with van der Waals surface area (Å²) >= 11 is 0. The predicted molar refractivity (Wildman–Crippen MR) is 94.9 cm³/mol. The number of amides is 1. The molecule has 2 aromatic carbocycles. The van der Waals surface area contributed by atoms with Crippen LogP contribution < -0.4 is 10.6 Å². The third-order valence-corrected chi connectivity index (χ3v) is 3.72. The number of aryl methyl sites for hydroxylation is 1. The second kappa shape index (κ2) is 7.53. The number of hydrogen-bond acceptors (Lipinski definition) is 4. The molecule has 1 heterocycles. The molecule has 0 saturated heterocycles. The van der Waals surface area contributed by atoms with Gasteiger partial charge in [0.05, 0.1) is 0 Å². The fourth-order valence-electron chi connectivity index (χ4n) is 2.30. The van der Waals surface area contributed by atoms with Crippen molar-refractivity contribution in [2.24, 2.45) is 0 Å². The summed E-state index contributed by atoms with van der Waals surface area (Å²) < 4.78 is 12.9. The van der Waals surface area contributed by atoms with E-state index < -0.39 is 0 Å². The molecular weight excluding hydrogens is 319 g/mol. The monoisotopic (exact) mass is 336 g/mol. The van der Waals surface area contributed by atoms with Crippen molar-refractivity contribution in [3.05, 3.63) is 83.6 Å². The molecule has 0 aliphatic rings. The summed E-state index contributed by atoms with van der Waals surface area (Å²) in [5, 5.41) is 5.86. The van der Waals surface area contributed by atoms with Gasteiger partial charge in [-0.25, -0.2) is 14.4 Å². The number of carbonyl (C=O) groups excluding carboxylic acids is 1. The van der Waals surface area contributed by atoms with E-state index in [0.717, 1.165) is 5.56 Å². The number of nitrogens with zero attached hydrogens (tertiary/aromatic N) is 2. The van der Waals surface area contributed by atoms with Crippen LogP contribution in [0.1, 0.15) is 21.6 Å². The van der Waals surface area contributed by atoms with Crippen LogP contribution in [0.4, 0.5) is 15.9 Å². The lowest BCUT2D eigenvalue weighted by Crippen LogP contribution is -2.14. The minimum absolute atomic E-state index is 0.228. The van der Waals surface area contributed by atoms with Gasteiger partial charge in [0.1, 0.15) is 23.7 Å². The molecule has 0 aliphatic heterocycles. The number of nitrogens with one attached hydrogen (secondary N) is 2. The van der Waals surface area contributed by atoms with Crippen LogP contribution in [-0.4, -0.2) is 15.9 Å². The summed E-state index contributed by atoms with van der Waals surface area (Å²) in [6.45, 7) is 2.64. The molecule has 2 N–H and O–H groups in total. The van der Waals surface area contributed by atoms with E-state index >= 15 is 0 Å². The van der Waals surface area contributed by atoms with E-state index in [1.54, 1.807) is 6.07 Å². The SMILES string of the molecule is Cc1ccccc1CNc1cc(C(=O)Nc2ccc(F)cc2)ncn1. The number of anilines is 2. The second-order valence-electron chi connectivity index (χ2n) is 5.53.